The fraction of sp³-hybridized carbons (Fsp3) is 0.500. The molecule has 0 bridgehead atoms. The highest BCUT2D eigenvalue weighted by molar-refractivity contribution is 5.78. The Morgan fingerprint density at radius 3 is 2.62 bits per heavy atom. The standard InChI is InChI=1S/C18H23N3O3/c19-11-8-18(23)21-12-9-15(10-13-21)20-17(22)7-4-14-24-16-5-2-1-3-6-16/h1-3,5-6,15H,4,7-10,12-14H2,(H,20,22). The number of likely N-dealkylation sites (tertiary alicyclic amines) is 1. The Kier molecular flexibility index (Phi) is 7.09. The van der Waals surface area contributed by atoms with E-state index in [0.717, 1.165) is 18.6 Å². The van der Waals surface area contributed by atoms with Crippen molar-refractivity contribution in [2.45, 2.75) is 38.1 Å². The number of carbonyl (C=O) groups excluding carboxylic acids is 2. The van der Waals surface area contributed by atoms with Crippen LogP contribution in [-0.4, -0.2) is 42.5 Å². The fourth-order valence-electron chi connectivity index (χ4n) is 2.69. The lowest BCUT2D eigenvalue weighted by Gasteiger charge is -2.32. The van der Waals surface area contributed by atoms with Gasteiger partial charge in [0, 0.05) is 25.6 Å². The zero-order valence-electron chi connectivity index (χ0n) is 13.7. The Labute approximate surface area is 142 Å². The molecule has 0 spiro atoms. The van der Waals surface area contributed by atoms with Gasteiger partial charge in [-0.3, -0.25) is 9.59 Å². The van der Waals surface area contributed by atoms with Gasteiger partial charge in [0.1, 0.15) is 12.2 Å². The van der Waals surface area contributed by atoms with E-state index in [4.69, 9.17) is 10.00 Å². The highest BCUT2D eigenvalue weighted by Gasteiger charge is 2.23. The molecule has 0 radical (unpaired) electrons. The second kappa shape index (κ2) is 9.56. The number of carbonyl (C=O) groups is 2. The maximum atomic E-state index is 12.0. The molecule has 1 aromatic rings. The van der Waals surface area contributed by atoms with Crippen LogP contribution in [0.4, 0.5) is 0 Å². The van der Waals surface area contributed by atoms with Gasteiger partial charge >= 0.3 is 0 Å². The van der Waals surface area contributed by atoms with Gasteiger partial charge in [-0.2, -0.15) is 5.26 Å². The number of amides is 2. The average Bonchev–Trinajstić information content (AvgIpc) is 2.60. The SMILES string of the molecule is N#CCC(=O)N1CCC(NC(=O)CCCOc2ccccc2)CC1. The molecule has 1 heterocycles. The van der Waals surface area contributed by atoms with Crippen molar-refractivity contribution in [3.05, 3.63) is 30.3 Å². The van der Waals surface area contributed by atoms with E-state index in [2.05, 4.69) is 5.32 Å². The first-order valence-corrected chi connectivity index (χ1v) is 8.31. The smallest absolute Gasteiger partial charge is 0.236 e. The minimum Gasteiger partial charge on any atom is -0.494 e. The number of para-hydroxylation sites is 1. The van der Waals surface area contributed by atoms with Gasteiger partial charge in [0.2, 0.25) is 11.8 Å². The molecule has 1 saturated heterocycles. The Balaban J connectivity index is 1.58. The van der Waals surface area contributed by atoms with Crippen molar-refractivity contribution >= 4 is 11.8 Å². The molecule has 0 aromatic heterocycles. The van der Waals surface area contributed by atoms with Crippen LogP contribution in [0.2, 0.25) is 0 Å². The summed E-state index contributed by atoms with van der Waals surface area (Å²) >= 11 is 0. The van der Waals surface area contributed by atoms with E-state index in [-0.39, 0.29) is 24.3 Å². The maximum absolute atomic E-state index is 12.0. The van der Waals surface area contributed by atoms with Crippen molar-refractivity contribution in [2.75, 3.05) is 19.7 Å². The number of nitrogens with one attached hydrogen (secondary N) is 1. The van der Waals surface area contributed by atoms with Crippen LogP contribution in [0.1, 0.15) is 32.1 Å². The lowest BCUT2D eigenvalue weighted by Crippen LogP contribution is -2.46. The molecule has 1 aliphatic rings. The van der Waals surface area contributed by atoms with E-state index in [0.29, 0.717) is 32.5 Å². The summed E-state index contributed by atoms with van der Waals surface area (Å²) in [4.78, 5) is 25.3. The number of rotatable bonds is 7. The number of ether oxygens (including phenoxy) is 1. The quantitative estimate of drug-likeness (QED) is 0.774. The van der Waals surface area contributed by atoms with Crippen LogP contribution in [0, 0.1) is 11.3 Å². The number of hydrogen-bond acceptors (Lipinski definition) is 4. The van der Waals surface area contributed by atoms with Gasteiger partial charge in [-0.05, 0) is 31.4 Å². The molecule has 6 heteroatoms. The predicted molar refractivity (Wildman–Crippen MR) is 89.1 cm³/mol. The van der Waals surface area contributed by atoms with Crippen molar-refractivity contribution in [1.29, 1.82) is 5.26 Å². The third-order valence-electron chi connectivity index (χ3n) is 4.00. The predicted octanol–water partition coefficient (Wildman–Crippen LogP) is 1.87. The first-order valence-electron chi connectivity index (χ1n) is 8.31. The van der Waals surface area contributed by atoms with Crippen molar-refractivity contribution in [3.8, 4) is 11.8 Å². The van der Waals surface area contributed by atoms with Gasteiger partial charge in [0.25, 0.3) is 0 Å². The fourth-order valence-corrected chi connectivity index (χ4v) is 2.69. The van der Waals surface area contributed by atoms with E-state index in [1.807, 2.05) is 36.4 Å². The maximum Gasteiger partial charge on any atom is 0.236 e. The van der Waals surface area contributed by atoms with E-state index >= 15 is 0 Å². The molecule has 24 heavy (non-hydrogen) atoms. The Morgan fingerprint density at radius 1 is 1.25 bits per heavy atom. The molecule has 0 aliphatic carbocycles. The summed E-state index contributed by atoms with van der Waals surface area (Å²) in [5, 5.41) is 11.6. The van der Waals surface area contributed by atoms with E-state index in [9.17, 15) is 9.59 Å². The highest BCUT2D eigenvalue weighted by atomic mass is 16.5. The molecule has 0 saturated carbocycles. The molecule has 1 aromatic carbocycles. The lowest BCUT2D eigenvalue weighted by atomic mass is 10.0. The summed E-state index contributed by atoms with van der Waals surface area (Å²) in [5.41, 5.74) is 0. The first kappa shape index (κ1) is 17.8. The van der Waals surface area contributed by atoms with Gasteiger partial charge < -0.3 is 15.0 Å². The number of nitrogens with zero attached hydrogens (tertiary/aromatic N) is 2. The van der Waals surface area contributed by atoms with Crippen molar-refractivity contribution in [2.24, 2.45) is 0 Å². The number of nitriles is 1. The normalized spacial score (nSPS) is 14.7. The molecular formula is C18H23N3O3. The van der Waals surface area contributed by atoms with Crippen LogP contribution in [0.15, 0.2) is 30.3 Å². The summed E-state index contributed by atoms with van der Waals surface area (Å²) in [5.74, 6) is 0.709. The molecule has 128 valence electrons. The third kappa shape index (κ3) is 5.92. The van der Waals surface area contributed by atoms with Crippen LogP contribution >= 0.6 is 0 Å². The highest BCUT2D eigenvalue weighted by Crippen LogP contribution is 2.12. The van der Waals surface area contributed by atoms with Crippen LogP contribution in [-0.2, 0) is 9.59 Å². The largest absolute Gasteiger partial charge is 0.494 e. The number of benzene rings is 1. The Bertz CT molecular complexity index is 575. The minimum atomic E-state index is -0.125. The van der Waals surface area contributed by atoms with E-state index in [1.54, 1.807) is 4.90 Å². The average molecular weight is 329 g/mol. The molecular weight excluding hydrogens is 306 g/mol. The van der Waals surface area contributed by atoms with Gasteiger partial charge in [-0.15, -0.1) is 0 Å². The van der Waals surface area contributed by atoms with Crippen molar-refractivity contribution in [3.63, 3.8) is 0 Å². The number of piperidine rings is 1. The van der Waals surface area contributed by atoms with E-state index < -0.39 is 0 Å². The summed E-state index contributed by atoms with van der Waals surface area (Å²) in [6.45, 7) is 1.71. The van der Waals surface area contributed by atoms with Gasteiger partial charge in [-0.25, -0.2) is 0 Å². The molecule has 0 atom stereocenters. The summed E-state index contributed by atoms with van der Waals surface area (Å²) < 4.78 is 5.56. The number of hydrogen-bond donors (Lipinski definition) is 1. The van der Waals surface area contributed by atoms with Gasteiger partial charge in [-0.1, -0.05) is 18.2 Å². The minimum absolute atomic E-state index is 0.0217. The van der Waals surface area contributed by atoms with Crippen molar-refractivity contribution < 1.29 is 14.3 Å². The summed E-state index contributed by atoms with van der Waals surface area (Å²) in [6.07, 6.45) is 2.51. The summed E-state index contributed by atoms with van der Waals surface area (Å²) in [6, 6.07) is 11.5. The molecule has 0 unspecified atom stereocenters. The van der Waals surface area contributed by atoms with Crippen molar-refractivity contribution in [1.82, 2.24) is 10.2 Å². The van der Waals surface area contributed by atoms with E-state index in [1.165, 1.54) is 0 Å². The molecule has 1 fully saturated rings. The second-order valence-corrected chi connectivity index (χ2v) is 5.82. The molecule has 6 nitrogen and oxygen atoms in total. The third-order valence-corrected chi connectivity index (χ3v) is 4.00. The molecule has 1 aliphatic heterocycles. The second-order valence-electron chi connectivity index (χ2n) is 5.82. The first-order chi connectivity index (χ1) is 11.7. The van der Waals surface area contributed by atoms with Crippen LogP contribution in [0.25, 0.3) is 0 Å². The van der Waals surface area contributed by atoms with Crippen LogP contribution in [0.5, 0.6) is 5.75 Å². The zero-order valence-corrected chi connectivity index (χ0v) is 13.7. The van der Waals surface area contributed by atoms with Crippen LogP contribution < -0.4 is 10.1 Å². The molecule has 2 rings (SSSR count). The Morgan fingerprint density at radius 2 is 1.96 bits per heavy atom. The monoisotopic (exact) mass is 329 g/mol. The van der Waals surface area contributed by atoms with Gasteiger partial charge in [0.15, 0.2) is 0 Å². The molecule has 1 N–H and O–H groups in total. The lowest BCUT2D eigenvalue weighted by molar-refractivity contribution is -0.131. The Hall–Kier alpha value is -2.55. The zero-order chi connectivity index (χ0) is 17.2. The molecule has 2 amide bonds. The topological polar surface area (TPSA) is 82.4 Å². The van der Waals surface area contributed by atoms with Crippen LogP contribution in [0.3, 0.4) is 0 Å². The summed E-state index contributed by atoms with van der Waals surface area (Å²) in [7, 11) is 0. The van der Waals surface area contributed by atoms with Gasteiger partial charge in [0.05, 0.1) is 12.7 Å².